The summed E-state index contributed by atoms with van der Waals surface area (Å²) in [4.78, 5) is 10.3. The third kappa shape index (κ3) is 20.4. The first-order valence-corrected chi connectivity index (χ1v) is 8.71. The van der Waals surface area contributed by atoms with Gasteiger partial charge in [0.25, 0.3) is 0 Å². The zero-order valence-corrected chi connectivity index (χ0v) is 13.7. The average Bonchev–Trinajstić information content (AvgIpc) is 2.45. The Labute approximate surface area is 166 Å². The molecule has 0 radical (unpaired) electrons. The quantitative estimate of drug-likeness (QED) is 0.267. The Hall–Kier alpha value is 0.430. The van der Waals surface area contributed by atoms with E-state index < -0.39 is 5.97 Å². The van der Waals surface area contributed by atoms with Crippen LogP contribution in [0.2, 0.25) is 0 Å². The van der Waals surface area contributed by atoms with Crippen LogP contribution in [0.4, 0.5) is 0 Å². The summed E-state index contributed by atoms with van der Waals surface area (Å²) < 4.78 is 0. The molecule has 0 aromatic rings. The molecule has 0 bridgehead atoms. The van der Waals surface area contributed by atoms with Crippen LogP contribution in [0.3, 0.4) is 0 Å². The van der Waals surface area contributed by atoms with E-state index in [4.69, 9.17) is 5.11 Å². The van der Waals surface area contributed by atoms with Crippen LogP contribution in [0.25, 0.3) is 0 Å². The summed E-state index contributed by atoms with van der Waals surface area (Å²) in [5.74, 6) is -0.689. The van der Waals surface area contributed by atoms with E-state index in [-0.39, 0.29) is 43.8 Å². The molecule has 0 aliphatic carbocycles. The topological polar surface area (TPSA) is 57.5 Å². The van der Waals surface area contributed by atoms with E-state index in [2.05, 4.69) is 19.1 Å². The van der Waals surface area contributed by atoms with Crippen molar-refractivity contribution in [2.75, 3.05) is 0 Å². The molecule has 0 amide bonds. The van der Waals surface area contributed by atoms with Gasteiger partial charge in [0, 0.05) is 6.42 Å². The second-order valence-electron chi connectivity index (χ2n) is 5.91. The number of carboxylic acid groups (broad SMARTS) is 1. The predicted molar refractivity (Wildman–Crippen MR) is 97.0 cm³/mol. The van der Waals surface area contributed by atoms with E-state index in [9.17, 15) is 9.90 Å². The number of rotatable bonds is 15. The first-order valence-electron chi connectivity index (χ1n) is 8.71. The first kappa shape index (κ1) is 24.7. The summed E-state index contributed by atoms with van der Waals surface area (Å²) in [6.45, 7) is 2.20. The molecule has 0 aromatic heterocycles. The van der Waals surface area contributed by atoms with Gasteiger partial charge in [-0.15, -0.1) is 0 Å². The van der Waals surface area contributed by atoms with Gasteiger partial charge in [0.15, 0.2) is 0 Å². The van der Waals surface area contributed by atoms with Crippen molar-refractivity contribution in [3.63, 3.8) is 0 Å². The SMILES string of the molecule is CCCCCC[C@@H](O)C/C=C\CCCCCCCC(=O)O.[CaH2]. The molecule has 2 N–H and O–H groups in total. The second kappa shape index (κ2) is 19.5. The molecule has 3 nitrogen and oxygen atoms in total. The van der Waals surface area contributed by atoms with Crippen LogP contribution in [-0.4, -0.2) is 60.0 Å². The molecule has 0 aliphatic rings. The number of allylic oxidation sites excluding steroid dienone is 1. The summed E-state index contributed by atoms with van der Waals surface area (Å²) in [6.07, 6.45) is 17.4. The number of aliphatic hydroxyl groups is 1. The minimum atomic E-state index is -0.689. The number of aliphatic hydroxyl groups excluding tert-OH is 1. The van der Waals surface area contributed by atoms with Gasteiger partial charge in [-0.05, 0) is 32.1 Å². The fourth-order valence-electron chi connectivity index (χ4n) is 2.36. The van der Waals surface area contributed by atoms with Crippen molar-refractivity contribution in [3.05, 3.63) is 12.2 Å². The normalized spacial score (nSPS) is 12.3. The predicted octanol–water partition coefficient (Wildman–Crippen LogP) is 4.16. The number of aliphatic carboxylic acids is 1. The van der Waals surface area contributed by atoms with Crippen LogP contribution < -0.4 is 0 Å². The molecular weight excluding hydrogens is 304 g/mol. The van der Waals surface area contributed by atoms with E-state index in [1.54, 1.807) is 0 Å². The van der Waals surface area contributed by atoms with E-state index in [0.29, 0.717) is 6.42 Å². The molecule has 0 spiro atoms. The standard InChI is InChI=1S/C18H34O3.Ca.2H/c1-2-3-4-11-14-17(19)15-12-9-7-5-6-8-10-13-16-18(20)21;;;/h9,12,17,19H,2-8,10-11,13-16H2,1H3,(H,20,21);;;/b12-9-;;;/t17-;;;/m1.../s1. The van der Waals surface area contributed by atoms with Gasteiger partial charge in [-0.1, -0.05) is 64.0 Å². The zero-order valence-electron chi connectivity index (χ0n) is 13.7. The van der Waals surface area contributed by atoms with Gasteiger partial charge in [-0.3, -0.25) is 4.79 Å². The molecule has 0 unspecified atom stereocenters. The Morgan fingerprint density at radius 3 is 2.27 bits per heavy atom. The number of hydrogen-bond acceptors (Lipinski definition) is 2. The summed E-state index contributed by atoms with van der Waals surface area (Å²) >= 11 is 0. The minimum absolute atomic E-state index is 0. The summed E-state index contributed by atoms with van der Waals surface area (Å²) in [7, 11) is 0. The van der Waals surface area contributed by atoms with Crippen molar-refractivity contribution in [2.45, 2.75) is 96.5 Å². The Balaban J connectivity index is 0. The van der Waals surface area contributed by atoms with E-state index in [1.165, 1.54) is 25.7 Å². The van der Waals surface area contributed by atoms with Gasteiger partial charge in [-0.2, -0.15) is 0 Å². The second-order valence-corrected chi connectivity index (χ2v) is 5.91. The number of carboxylic acids is 1. The van der Waals surface area contributed by atoms with Crippen LogP contribution in [0.15, 0.2) is 12.2 Å². The first-order chi connectivity index (χ1) is 10.2. The molecule has 0 rings (SSSR count). The molecule has 0 aromatic carbocycles. The van der Waals surface area contributed by atoms with Crippen LogP contribution in [0, 0.1) is 0 Å². The molecular formula is C18H36CaO3. The van der Waals surface area contributed by atoms with Gasteiger partial charge >= 0.3 is 43.7 Å². The zero-order chi connectivity index (χ0) is 15.8. The monoisotopic (exact) mass is 340 g/mol. The van der Waals surface area contributed by atoms with Gasteiger partial charge < -0.3 is 10.2 Å². The number of unbranched alkanes of at least 4 members (excludes halogenated alkanes) is 8. The van der Waals surface area contributed by atoms with Crippen LogP contribution in [-0.2, 0) is 4.79 Å². The van der Waals surface area contributed by atoms with E-state index in [0.717, 1.165) is 51.4 Å². The summed E-state index contributed by atoms with van der Waals surface area (Å²) in [5, 5.41) is 18.3. The van der Waals surface area contributed by atoms with Crippen molar-refractivity contribution in [1.29, 1.82) is 0 Å². The fraction of sp³-hybridized carbons (Fsp3) is 0.833. The van der Waals surface area contributed by atoms with Crippen LogP contribution in [0.1, 0.15) is 90.4 Å². The third-order valence-corrected chi connectivity index (χ3v) is 3.73. The molecule has 1 atom stereocenters. The Morgan fingerprint density at radius 1 is 0.955 bits per heavy atom. The molecule has 0 heterocycles. The Kier molecular flexibility index (Phi) is 21.8. The number of carbonyl (C=O) groups is 1. The van der Waals surface area contributed by atoms with E-state index >= 15 is 0 Å². The maximum atomic E-state index is 10.3. The average molecular weight is 341 g/mol. The maximum absolute atomic E-state index is 10.3. The van der Waals surface area contributed by atoms with Gasteiger partial charge in [0.2, 0.25) is 0 Å². The van der Waals surface area contributed by atoms with Crippen molar-refractivity contribution in [3.8, 4) is 0 Å². The fourth-order valence-corrected chi connectivity index (χ4v) is 2.36. The molecule has 0 saturated carbocycles. The van der Waals surface area contributed by atoms with E-state index in [1.807, 2.05) is 0 Å². The van der Waals surface area contributed by atoms with Crippen molar-refractivity contribution in [1.82, 2.24) is 0 Å². The molecule has 0 fully saturated rings. The molecule has 0 aliphatic heterocycles. The summed E-state index contributed by atoms with van der Waals surface area (Å²) in [5.41, 5.74) is 0. The van der Waals surface area contributed by atoms with Crippen molar-refractivity contribution in [2.24, 2.45) is 0 Å². The summed E-state index contributed by atoms with van der Waals surface area (Å²) in [6, 6.07) is 0. The van der Waals surface area contributed by atoms with Crippen LogP contribution >= 0.6 is 0 Å². The number of hydrogen-bond donors (Lipinski definition) is 2. The van der Waals surface area contributed by atoms with Crippen molar-refractivity contribution >= 4 is 43.7 Å². The Morgan fingerprint density at radius 2 is 1.59 bits per heavy atom. The molecule has 128 valence electrons. The van der Waals surface area contributed by atoms with Crippen LogP contribution in [0.5, 0.6) is 0 Å². The molecule has 4 heteroatoms. The third-order valence-electron chi connectivity index (χ3n) is 3.73. The molecule has 0 saturated heterocycles. The Bertz CT molecular complexity index is 267. The molecule has 22 heavy (non-hydrogen) atoms. The van der Waals surface area contributed by atoms with Gasteiger partial charge in [0.05, 0.1) is 6.10 Å². The van der Waals surface area contributed by atoms with Gasteiger partial charge in [0.1, 0.15) is 0 Å². The van der Waals surface area contributed by atoms with Gasteiger partial charge in [-0.25, -0.2) is 0 Å². The van der Waals surface area contributed by atoms with Crippen molar-refractivity contribution < 1.29 is 15.0 Å².